The Morgan fingerprint density at radius 1 is 1.27 bits per heavy atom. The Kier molecular flexibility index (Phi) is 6.14. The summed E-state index contributed by atoms with van der Waals surface area (Å²) in [6.45, 7) is 7.93. The van der Waals surface area contributed by atoms with Gasteiger partial charge in [-0.05, 0) is 25.2 Å². The van der Waals surface area contributed by atoms with Crippen molar-refractivity contribution in [2.75, 3.05) is 11.6 Å². The van der Waals surface area contributed by atoms with Crippen molar-refractivity contribution in [3.63, 3.8) is 0 Å². The van der Waals surface area contributed by atoms with Crippen LogP contribution < -0.4 is 4.72 Å². The molecule has 1 atom stereocenters. The highest BCUT2D eigenvalue weighted by Crippen LogP contribution is 2.19. The van der Waals surface area contributed by atoms with E-state index in [0.29, 0.717) is 12.3 Å². The van der Waals surface area contributed by atoms with Crippen LogP contribution in [0.2, 0.25) is 0 Å². The summed E-state index contributed by atoms with van der Waals surface area (Å²) in [5.74, 6) is 0.685. The quantitative estimate of drug-likeness (QED) is 0.585. The topological polar surface area (TPSA) is 46.2 Å². The van der Waals surface area contributed by atoms with Crippen molar-refractivity contribution in [1.82, 2.24) is 4.72 Å². The van der Waals surface area contributed by atoms with Crippen molar-refractivity contribution in [3.8, 4) is 0 Å². The van der Waals surface area contributed by atoms with E-state index in [1.165, 1.54) is 0 Å². The first-order valence-corrected chi connectivity index (χ1v) is 7.43. The molecule has 1 unspecified atom stereocenters. The second-order valence-corrected chi connectivity index (χ2v) is 7.17. The van der Waals surface area contributed by atoms with Gasteiger partial charge in [-0.3, -0.25) is 0 Å². The monoisotopic (exact) mass is 255 g/mol. The lowest BCUT2D eigenvalue weighted by Crippen LogP contribution is -2.42. The lowest BCUT2D eigenvalue weighted by molar-refractivity contribution is 0.317. The highest BCUT2D eigenvalue weighted by Gasteiger charge is 2.24. The van der Waals surface area contributed by atoms with E-state index in [9.17, 15) is 8.42 Å². The van der Waals surface area contributed by atoms with E-state index in [0.717, 1.165) is 6.42 Å². The molecule has 0 aromatic carbocycles. The molecule has 3 nitrogen and oxygen atoms in total. The molecule has 0 aromatic rings. The van der Waals surface area contributed by atoms with Crippen LogP contribution in [-0.2, 0) is 10.0 Å². The second kappa shape index (κ2) is 6.06. The summed E-state index contributed by atoms with van der Waals surface area (Å²) in [4.78, 5) is 0. The summed E-state index contributed by atoms with van der Waals surface area (Å²) in [5, 5.41) is 0. The predicted octanol–water partition coefficient (Wildman–Crippen LogP) is 2.36. The molecule has 0 aliphatic rings. The molecule has 5 heteroatoms. The number of sulfonamides is 1. The summed E-state index contributed by atoms with van der Waals surface area (Å²) in [7, 11) is -3.14. The Morgan fingerprint density at radius 2 is 1.80 bits per heavy atom. The zero-order chi connectivity index (χ0) is 12.1. The molecular formula is C10H22ClNO2S. The standard InChI is InChI=1S/C10H22ClNO2S/c1-9(10(2,3)4)12-15(13,14)8-6-5-7-11/h9,12H,5-8H2,1-4H3. The zero-order valence-electron chi connectivity index (χ0n) is 10.0. The van der Waals surface area contributed by atoms with Gasteiger partial charge >= 0.3 is 0 Å². The fourth-order valence-electron chi connectivity index (χ4n) is 0.892. The zero-order valence-corrected chi connectivity index (χ0v) is 11.6. The fraction of sp³-hybridized carbons (Fsp3) is 1.00. The number of alkyl halides is 1. The van der Waals surface area contributed by atoms with E-state index in [-0.39, 0.29) is 17.2 Å². The fourth-order valence-corrected chi connectivity index (χ4v) is 2.67. The van der Waals surface area contributed by atoms with Gasteiger partial charge in [0.25, 0.3) is 0 Å². The van der Waals surface area contributed by atoms with Crippen molar-refractivity contribution in [2.24, 2.45) is 5.41 Å². The SMILES string of the molecule is CC(NS(=O)(=O)CCCCCl)C(C)(C)C. The molecule has 0 aliphatic heterocycles. The van der Waals surface area contributed by atoms with Crippen LogP contribution in [0.5, 0.6) is 0 Å². The lowest BCUT2D eigenvalue weighted by Gasteiger charge is -2.27. The van der Waals surface area contributed by atoms with Gasteiger partial charge in [0.2, 0.25) is 10.0 Å². The van der Waals surface area contributed by atoms with Crippen LogP contribution in [0.15, 0.2) is 0 Å². The first-order valence-electron chi connectivity index (χ1n) is 5.25. The molecule has 0 radical (unpaired) electrons. The molecule has 0 fully saturated rings. The van der Waals surface area contributed by atoms with Crippen molar-refractivity contribution in [2.45, 2.75) is 46.6 Å². The summed E-state index contributed by atoms with van der Waals surface area (Å²) >= 11 is 5.49. The molecule has 0 saturated carbocycles. The van der Waals surface area contributed by atoms with Crippen LogP contribution in [0.25, 0.3) is 0 Å². The van der Waals surface area contributed by atoms with Crippen molar-refractivity contribution >= 4 is 21.6 Å². The molecule has 0 heterocycles. The first-order chi connectivity index (χ1) is 6.69. The number of unbranched alkanes of at least 4 members (excludes halogenated alkanes) is 1. The van der Waals surface area contributed by atoms with Gasteiger partial charge in [-0.2, -0.15) is 0 Å². The summed E-state index contributed by atoms with van der Waals surface area (Å²) in [5.41, 5.74) is -0.0560. The maximum Gasteiger partial charge on any atom is 0.211 e. The van der Waals surface area contributed by atoms with E-state index < -0.39 is 10.0 Å². The number of hydrogen-bond donors (Lipinski definition) is 1. The first kappa shape index (κ1) is 15.2. The Balaban J connectivity index is 4.15. The second-order valence-electron chi connectivity index (χ2n) is 4.92. The molecule has 1 N–H and O–H groups in total. The average molecular weight is 256 g/mol. The van der Waals surface area contributed by atoms with Gasteiger partial charge in [0.15, 0.2) is 0 Å². The normalized spacial score (nSPS) is 15.3. The average Bonchev–Trinajstić information content (AvgIpc) is 2.01. The molecule has 0 saturated heterocycles. The third kappa shape index (κ3) is 7.14. The van der Waals surface area contributed by atoms with Gasteiger partial charge in [-0.15, -0.1) is 11.6 Å². The Hall–Kier alpha value is 0.200. The van der Waals surface area contributed by atoms with Gasteiger partial charge in [-0.1, -0.05) is 20.8 Å². The van der Waals surface area contributed by atoms with Gasteiger partial charge in [0, 0.05) is 11.9 Å². The molecule has 0 spiro atoms. The maximum atomic E-state index is 11.6. The molecule has 0 amide bonds. The molecule has 0 bridgehead atoms. The van der Waals surface area contributed by atoms with E-state index >= 15 is 0 Å². The minimum atomic E-state index is -3.14. The highest BCUT2D eigenvalue weighted by molar-refractivity contribution is 7.89. The van der Waals surface area contributed by atoms with Crippen LogP contribution in [0.1, 0.15) is 40.5 Å². The van der Waals surface area contributed by atoms with Crippen molar-refractivity contribution in [3.05, 3.63) is 0 Å². The van der Waals surface area contributed by atoms with Gasteiger partial charge < -0.3 is 0 Å². The van der Waals surface area contributed by atoms with Crippen LogP contribution >= 0.6 is 11.6 Å². The van der Waals surface area contributed by atoms with E-state index in [2.05, 4.69) is 4.72 Å². The third-order valence-electron chi connectivity index (χ3n) is 2.45. The van der Waals surface area contributed by atoms with Gasteiger partial charge in [0.05, 0.1) is 5.75 Å². The smallest absolute Gasteiger partial charge is 0.211 e. The lowest BCUT2D eigenvalue weighted by atomic mass is 9.89. The molecule has 15 heavy (non-hydrogen) atoms. The number of nitrogens with one attached hydrogen (secondary N) is 1. The van der Waals surface area contributed by atoms with E-state index in [1.54, 1.807) is 0 Å². The van der Waals surface area contributed by atoms with Gasteiger partial charge in [-0.25, -0.2) is 13.1 Å². The predicted molar refractivity (Wildman–Crippen MR) is 65.8 cm³/mol. The molecular weight excluding hydrogens is 234 g/mol. The third-order valence-corrected chi connectivity index (χ3v) is 4.26. The number of hydrogen-bond acceptors (Lipinski definition) is 2. The Morgan fingerprint density at radius 3 is 2.20 bits per heavy atom. The Labute approximate surface area is 98.6 Å². The van der Waals surface area contributed by atoms with E-state index in [1.807, 2.05) is 27.7 Å². The van der Waals surface area contributed by atoms with Crippen LogP contribution in [0.3, 0.4) is 0 Å². The summed E-state index contributed by atoms with van der Waals surface area (Å²) in [6.07, 6.45) is 1.36. The molecule has 92 valence electrons. The van der Waals surface area contributed by atoms with Crippen LogP contribution in [0, 0.1) is 5.41 Å². The minimum Gasteiger partial charge on any atom is -0.212 e. The number of rotatable bonds is 6. The number of halogens is 1. The van der Waals surface area contributed by atoms with Gasteiger partial charge in [0.1, 0.15) is 0 Å². The summed E-state index contributed by atoms with van der Waals surface area (Å²) in [6, 6.07) is -0.0569. The van der Waals surface area contributed by atoms with E-state index in [4.69, 9.17) is 11.6 Å². The largest absolute Gasteiger partial charge is 0.212 e. The maximum absolute atomic E-state index is 11.6. The summed E-state index contributed by atoms with van der Waals surface area (Å²) < 4.78 is 25.9. The van der Waals surface area contributed by atoms with Crippen LogP contribution in [0.4, 0.5) is 0 Å². The molecule has 0 aliphatic carbocycles. The Bertz CT molecular complexity index is 270. The highest BCUT2D eigenvalue weighted by atomic mass is 35.5. The molecule has 0 aromatic heterocycles. The van der Waals surface area contributed by atoms with Crippen molar-refractivity contribution in [1.29, 1.82) is 0 Å². The minimum absolute atomic E-state index is 0.0560. The van der Waals surface area contributed by atoms with Crippen LogP contribution in [-0.4, -0.2) is 26.1 Å². The molecule has 0 rings (SSSR count). The van der Waals surface area contributed by atoms with Crippen molar-refractivity contribution < 1.29 is 8.42 Å².